The summed E-state index contributed by atoms with van der Waals surface area (Å²) < 4.78 is 3.60. The van der Waals surface area contributed by atoms with E-state index in [-0.39, 0.29) is 6.04 Å². The van der Waals surface area contributed by atoms with Crippen molar-refractivity contribution in [3.63, 3.8) is 0 Å². The summed E-state index contributed by atoms with van der Waals surface area (Å²) in [5.74, 6) is 0. The van der Waals surface area contributed by atoms with Crippen LogP contribution < -0.4 is 5.32 Å². The van der Waals surface area contributed by atoms with Gasteiger partial charge in [-0.15, -0.1) is 0 Å². The molecule has 2 rings (SSSR count). The molecule has 5 nitrogen and oxygen atoms in total. The fraction of sp³-hybridized carbons (Fsp3) is 0.385. The van der Waals surface area contributed by atoms with Crippen LogP contribution in [0.1, 0.15) is 29.8 Å². The summed E-state index contributed by atoms with van der Waals surface area (Å²) in [4.78, 5) is 0. The van der Waals surface area contributed by atoms with Gasteiger partial charge in [0.05, 0.1) is 12.4 Å². The van der Waals surface area contributed by atoms with E-state index in [2.05, 4.69) is 35.9 Å². The van der Waals surface area contributed by atoms with Crippen LogP contribution in [0.4, 0.5) is 0 Å². The highest BCUT2D eigenvalue weighted by atomic mass is 15.3. The van der Waals surface area contributed by atoms with Crippen LogP contribution in [0.25, 0.3) is 6.20 Å². The minimum Gasteiger partial charge on any atom is -0.306 e. The lowest BCUT2D eigenvalue weighted by molar-refractivity contribution is 0.570. The Morgan fingerprint density at radius 3 is 2.78 bits per heavy atom. The maximum absolute atomic E-state index is 4.26. The first-order chi connectivity index (χ1) is 8.61. The van der Waals surface area contributed by atoms with E-state index in [1.165, 1.54) is 11.3 Å². The van der Waals surface area contributed by atoms with Crippen molar-refractivity contribution in [3.05, 3.63) is 42.0 Å². The van der Waals surface area contributed by atoms with Crippen molar-refractivity contribution in [1.82, 2.24) is 24.9 Å². The average Bonchev–Trinajstić information content (AvgIpc) is 2.95. The summed E-state index contributed by atoms with van der Waals surface area (Å²) in [6, 6.07) is 0.269. The van der Waals surface area contributed by atoms with Gasteiger partial charge < -0.3 is 5.32 Å². The predicted octanol–water partition coefficient (Wildman–Crippen LogP) is 1.88. The first kappa shape index (κ1) is 12.6. The van der Waals surface area contributed by atoms with Crippen LogP contribution >= 0.6 is 0 Å². The molecule has 0 aromatic carbocycles. The van der Waals surface area contributed by atoms with Gasteiger partial charge in [-0.3, -0.25) is 4.68 Å². The summed E-state index contributed by atoms with van der Waals surface area (Å²) >= 11 is 0. The van der Waals surface area contributed by atoms with Gasteiger partial charge in [-0.1, -0.05) is 6.58 Å². The van der Waals surface area contributed by atoms with E-state index in [4.69, 9.17) is 0 Å². The monoisotopic (exact) mass is 245 g/mol. The largest absolute Gasteiger partial charge is 0.306 e. The summed E-state index contributed by atoms with van der Waals surface area (Å²) in [5, 5.41) is 11.9. The van der Waals surface area contributed by atoms with Crippen molar-refractivity contribution in [2.75, 3.05) is 0 Å². The minimum atomic E-state index is 0.269. The molecule has 0 saturated carbocycles. The van der Waals surface area contributed by atoms with E-state index in [9.17, 15) is 0 Å². The van der Waals surface area contributed by atoms with Crippen LogP contribution in [-0.4, -0.2) is 19.6 Å². The van der Waals surface area contributed by atoms with Gasteiger partial charge in [0.25, 0.3) is 0 Å². The summed E-state index contributed by atoms with van der Waals surface area (Å²) in [6.07, 6.45) is 7.40. The molecule has 2 aromatic heterocycles. The molecular formula is C13H19N5. The summed E-state index contributed by atoms with van der Waals surface area (Å²) in [7, 11) is 1.96. The van der Waals surface area contributed by atoms with E-state index < -0.39 is 0 Å². The predicted molar refractivity (Wildman–Crippen MR) is 71.8 cm³/mol. The third kappa shape index (κ3) is 2.51. The van der Waals surface area contributed by atoms with E-state index in [0.717, 1.165) is 12.1 Å². The van der Waals surface area contributed by atoms with Gasteiger partial charge in [0.15, 0.2) is 0 Å². The molecule has 1 N–H and O–H groups in total. The van der Waals surface area contributed by atoms with Gasteiger partial charge in [0.2, 0.25) is 0 Å². The van der Waals surface area contributed by atoms with Crippen LogP contribution in [-0.2, 0) is 13.6 Å². The highest BCUT2D eigenvalue weighted by Gasteiger charge is 2.11. The Kier molecular flexibility index (Phi) is 3.62. The Morgan fingerprint density at radius 2 is 2.22 bits per heavy atom. The van der Waals surface area contributed by atoms with Crippen molar-refractivity contribution in [2.45, 2.75) is 26.4 Å². The van der Waals surface area contributed by atoms with Crippen molar-refractivity contribution in [2.24, 2.45) is 7.05 Å². The third-order valence-corrected chi connectivity index (χ3v) is 3.19. The number of aromatic nitrogens is 4. The standard InChI is InChI=1S/C13H19N5/c1-5-18-9-12(7-16-18)6-14-10(2)13-8-15-17(4)11(13)3/h5,7-10,14H,1,6H2,2-4H3. The second-order valence-corrected chi connectivity index (χ2v) is 4.42. The van der Waals surface area contributed by atoms with Gasteiger partial charge in [0, 0.05) is 48.9 Å². The second kappa shape index (κ2) is 5.18. The van der Waals surface area contributed by atoms with Crippen LogP contribution in [0, 0.1) is 6.92 Å². The Bertz CT molecular complexity index is 537. The molecule has 0 spiro atoms. The van der Waals surface area contributed by atoms with Gasteiger partial charge in [-0.25, -0.2) is 4.68 Å². The molecule has 1 unspecified atom stereocenters. The smallest absolute Gasteiger partial charge is 0.0540 e. The quantitative estimate of drug-likeness (QED) is 0.875. The Labute approximate surface area is 107 Å². The molecule has 96 valence electrons. The van der Waals surface area contributed by atoms with Crippen LogP contribution in [0.3, 0.4) is 0 Å². The molecule has 2 heterocycles. The number of nitrogens with one attached hydrogen (secondary N) is 1. The number of rotatable bonds is 5. The van der Waals surface area contributed by atoms with E-state index in [1.807, 2.05) is 30.3 Å². The van der Waals surface area contributed by atoms with Crippen LogP contribution in [0.5, 0.6) is 0 Å². The normalized spacial score (nSPS) is 12.6. The Morgan fingerprint density at radius 1 is 1.44 bits per heavy atom. The van der Waals surface area contributed by atoms with Crippen LogP contribution in [0.2, 0.25) is 0 Å². The van der Waals surface area contributed by atoms with Gasteiger partial charge in [0.1, 0.15) is 0 Å². The van der Waals surface area contributed by atoms with Crippen molar-refractivity contribution >= 4 is 6.20 Å². The SMILES string of the molecule is C=Cn1cc(CNC(C)c2cnn(C)c2C)cn1. The molecule has 0 amide bonds. The van der Waals surface area contributed by atoms with E-state index in [0.29, 0.717) is 0 Å². The zero-order valence-electron chi connectivity index (χ0n) is 11.1. The van der Waals surface area contributed by atoms with Crippen molar-refractivity contribution < 1.29 is 0 Å². The second-order valence-electron chi connectivity index (χ2n) is 4.42. The molecule has 0 radical (unpaired) electrons. The molecule has 0 aliphatic rings. The van der Waals surface area contributed by atoms with E-state index in [1.54, 1.807) is 10.9 Å². The van der Waals surface area contributed by atoms with Crippen LogP contribution in [0.15, 0.2) is 25.2 Å². The Hall–Kier alpha value is -1.88. The number of nitrogens with zero attached hydrogens (tertiary/aromatic N) is 4. The molecule has 0 bridgehead atoms. The number of hydrogen-bond donors (Lipinski definition) is 1. The highest BCUT2D eigenvalue weighted by Crippen LogP contribution is 2.16. The fourth-order valence-corrected chi connectivity index (χ4v) is 1.89. The van der Waals surface area contributed by atoms with Crippen molar-refractivity contribution in [3.8, 4) is 0 Å². The summed E-state index contributed by atoms with van der Waals surface area (Å²) in [6.45, 7) is 8.67. The van der Waals surface area contributed by atoms with Crippen molar-refractivity contribution in [1.29, 1.82) is 0 Å². The lowest BCUT2D eigenvalue weighted by Gasteiger charge is -2.12. The molecule has 5 heteroatoms. The minimum absolute atomic E-state index is 0.269. The molecule has 0 saturated heterocycles. The first-order valence-electron chi connectivity index (χ1n) is 5.99. The van der Waals surface area contributed by atoms with E-state index >= 15 is 0 Å². The third-order valence-electron chi connectivity index (χ3n) is 3.19. The Balaban J connectivity index is 1.97. The molecule has 2 aromatic rings. The molecule has 1 atom stereocenters. The van der Waals surface area contributed by atoms with Gasteiger partial charge in [-0.2, -0.15) is 10.2 Å². The topological polar surface area (TPSA) is 47.7 Å². The zero-order valence-corrected chi connectivity index (χ0v) is 11.1. The zero-order chi connectivity index (χ0) is 13.1. The maximum Gasteiger partial charge on any atom is 0.0540 e. The average molecular weight is 245 g/mol. The maximum atomic E-state index is 4.26. The van der Waals surface area contributed by atoms with Gasteiger partial charge >= 0.3 is 0 Å². The molecule has 0 aliphatic carbocycles. The molecular weight excluding hydrogens is 226 g/mol. The van der Waals surface area contributed by atoms with Gasteiger partial charge in [-0.05, 0) is 13.8 Å². The highest BCUT2D eigenvalue weighted by molar-refractivity contribution is 5.21. The lowest BCUT2D eigenvalue weighted by Crippen LogP contribution is -2.18. The lowest BCUT2D eigenvalue weighted by atomic mass is 10.1. The molecule has 0 fully saturated rings. The molecule has 18 heavy (non-hydrogen) atoms. The fourth-order valence-electron chi connectivity index (χ4n) is 1.89. The summed E-state index contributed by atoms with van der Waals surface area (Å²) in [5.41, 5.74) is 3.56. The first-order valence-corrected chi connectivity index (χ1v) is 5.99. The molecule has 0 aliphatic heterocycles. The number of hydrogen-bond acceptors (Lipinski definition) is 3. The number of aryl methyl sites for hydroxylation is 1.